The molecule has 0 aliphatic heterocycles. The monoisotopic (exact) mass is 233 g/mol. The van der Waals surface area contributed by atoms with Gasteiger partial charge in [-0.1, -0.05) is 44.2 Å². The molecule has 1 fully saturated rings. The molecule has 1 aromatic rings. The Morgan fingerprint density at radius 1 is 1.24 bits per heavy atom. The van der Waals surface area contributed by atoms with Crippen LogP contribution in [0.25, 0.3) is 0 Å². The highest BCUT2D eigenvalue weighted by Crippen LogP contribution is 2.53. The van der Waals surface area contributed by atoms with Crippen molar-refractivity contribution in [1.29, 1.82) is 0 Å². The quantitative estimate of drug-likeness (QED) is 0.820. The van der Waals surface area contributed by atoms with E-state index in [1.807, 2.05) is 6.07 Å². The maximum atomic E-state index is 10.6. The molecule has 1 saturated carbocycles. The molecule has 0 saturated heterocycles. The van der Waals surface area contributed by atoms with Crippen LogP contribution in [0.5, 0.6) is 0 Å². The predicted molar refractivity (Wildman–Crippen MR) is 70.7 cm³/mol. The molecular weight excluding hydrogens is 210 g/mol. The van der Waals surface area contributed by atoms with Crippen LogP contribution in [0.1, 0.15) is 32.3 Å². The van der Waals surface area contributed by atoms with Crippen molar-refractivity contribution in [1.82, 2.24) is 0 Å². The van der Waals surface area contributed by atoms with Crippen molar-refractivity contribution in [3.05, 3.63) is 35.9 Å². The minimum absolute atomic E-state index is 0.0183. The van der Waals surface area contributed by atoms with Gasteiger partial charge in [-0.05, 0) is 30.9 Å². The highest BCUT2D eigenvalue weighted by atomic mass is 16.3. The second-order valence-corrected chi connectivity index (χ2v) is 5.61. The molecular formula is C15H23NO. The Labute approximate surface area is 104 Å². The highest BCUT2D eigenvalue weighted by Gasteiger charge is 2.52. The van der Waals surface area contributed by atoms with E-state index in [4.69, 9.17) is 5.73 Å². The fraction of sp³-hybridized carbons (Fsp3) is 0.600. The molecule has 17 heavy (non-hydrogen) atoms. The summed E-state index contributed by atoms with van der Waals surface area (Å²) in [7, 11) is 0. The molecule has 2 unspecified atom stereocenters. The van der Waals surface area contributed by atoms with E-state index in [0.29, 0.717) is 12.5 Å². The smallest absolute Gasteiger partial charge is 0.0679 e. The molecule has 1 aromatic carbocycles. The summed E-state index contributed by atoms with van der Waals surface area (Å²) in [5.74, 6) is 0.619. The Bertz CT molecular complexity index is 356. The van der Waals surface area contributed by atoms with Crippen LogP contribution in [0, 0.1) is 11.8 Å². The van der Waals surface area contributed by atoms with E-state index in [9.17, 15) is 5.11 Å². The second-order valence-electron chi connectivity index (χ2n) is 5.61. The van der Waals surface area contributed by atoms with Crippen molar-refractivity contribution in [2.75, 3.05) is 6.54 Å². The van der Waals surface area contributed by atoms with Crippen molar-refractivity contribution in [3.8, 4) is 0 Å². The molecule has 0 heterocycles. The first-order valence-corrected chi connectivity index (χ1v) is 6.55. The summed E-state index contributed by atoms with van der Waals surface area (Å²) in [6, 6.07) is 10.4. The van der Waals surface area contributed by atoms with Crippen molar-refractivity contribution in [3.63, 3.8) is 0 Å². The van der Waals surface area contributed by atoms with Crippen molar-refractivity contribution in [2.24, 2.45) is 17.6 Å². The van der Waals surface area contributed by atoms with E-state index < -0.39 is 0 Å². The molecule has 0 spiro atoms. The van der Waals surface area contributed by atoms with Gasteiger partial charge in [-0.15, -0.1) is 0 Å². The average molecular weight is 233 g/mol. The van der Waals surface area contributed by atoms with Gasteiger partial charge in [-0.2, -0.15) is 0 Å². The zero-order valence-electron chi connectivity index (χ0n) is 10.8. The van der Waals surface area contributed by atoms with Gasteiger partial charge in [0.2, 0.25) is 0 Å². The summed E-state index contributed by atoms with van der Waals surface area (Å²) in [6.45, 7) is 4.84. The number of hydrogen-bond acceptors (Lipinski definition) is 2. The van der Waals surface area contributed by atoms with Crippen molar-refractivity contribution >= 4 is 0 Å². The molecule has 0 radical (unpaired) electrons. The van der Waals surface area contributed by atoms with E-state index in [1.54, 1.807) is 0 Å². The first kappa shape index (κ1) is 12.6. The van der Waals surface area contributed by atoms with Crippen LogP contribution < -0.4 is 5.73 Å². The number of aliphatic hydroxyl groups excluding tert-OH is 1. The zero-order valence-corrected chi connectivity index (χ0v) is 10.8. The molecule has 1 aliphatic rings. The first-order chi connectivity index (χ1) is 8.12. The van der Waals surface area contributed by atoms with Crippen LogP contribution in [0.15, 0.2) is 30.3 Å². The van der Waals surface area contributed by atoms with E-state index in [1.165, 1.54) is 5.56 Å². The van der Waals surface area contributed by atoms with Gasteiger partial charge in [0.05, 0.1) is 6.10 Å². The highest BCUT2D eigenvalue weighted by molar-refractivity contribution is 5.33. The maximum Gasteiger partial charge on any atom is 0.0679 e. The molecule has 2 rings (SSSR count). The lowest BCUT2D eigenvalue weighted by molar-refractivity contribution is 0.0513. The Hall–Kier alpha value is -0.860. The lowest BCUT2D eigenvalue weighted by Crippen LogP contribution is -2.40. The van der Waals surface area contributed by atoms with Crippen LogP contribution >= 0.6 is 0 Å². The first-order valence-electron chi connectivity index (χ1n) is 6.55. The van der Waals surface area contributed by atoms with Crippen molar-refractivity contribution in [2.45, 2.75) is 38.2 Å². The molecule has 2 heteroatoms. The lowest BCUT2D eigenvalue weighted by Gasteiger charge is -2.32. The fourth-order valence-corrected chi connectivity index (χ4v) is 2.84. The topological polar surface area (TPSA) is 46.2 Å². The lowest BCUT2D eigenvalue weighted by atomic mass is 9.78. The van der Waals surface area contributed by atoms with Gasteiger partial charge in [0.15, 0.2) is 0 Å². The third kappa shape index (κ3) is 2.24. The summed E-state index contributed by atoms with van der Waals surface area (Å²) < 4.78 is 0. The second kappa shape index (κ2) is 4.79. The molecule has 2 nitrogen and oxygen atoms in total. The molecule has 1 aliphatic carbocycles. The summed E-state index contributed by atoms with van der Waals surface area (Å²) in [5, 5.41) is 10.6. The Morgan fingerprint density at radius 3 is 2.24 bits per heavy atom. The van der Waals surface area contributed by atoms with Gasteiger partial charge in [0, 0.05) is 11.3 Å². The van der Waals surface area contributed by atoms with E-state index >= 15 is 0 Å². The largest absolute Gasteiger partial charge is 0.392 e. The predicted octanol–water partition coefficient (Wildman–Crippen LogP) is 2.31. The normalized spacial score (nSPS) is 21.2. The molecule has 94 valence electrons. The van der Waals surface area contributed by atoms with Crippen LogP contribution in [-0.4, -0.2) is 17.8 Å². The summed E-state index contributed by atoms with van der Waals surface area (Å²) >= 11 is 0. The third-order valence-electron chi connectivity index (χ3n) is 4.24. The summed E-state index contributed by atoms with van der Waals surface area (Å²) in [5.41, 5.74) is 7.07. The zero-order chi connectivity index (χ0) is 12.5. The van der Waals surface area contributed by atoms with Crippen LogP contribution in [0.4, 0.5) is 0 Å². The fourth-order valence-electron chi connectivity index (χ4n) is 2.84. The number of hydrogen-bond donors (Lipinski definition) is 2. The van der Waals surface area contributed by atoms with Gasteiger partial charge >= 0.3 is 0 Å². The van der Waals surface area contributed by atoms with Crippen LogP contribution in [-0.2, 0) is 5.41 Å². The van der Waals surface area contributed by atoms with Gasteiger partial charge in [-0.25, -0.2) is 0 Å². The van der Waals surface area contributed by atoms with E-state index in [-0.39, 0.29) is 17.4 Å². The van der Waals surface area contributed by atoms with Gasteiger partial charge in [0.25, 0.3) is 0 Å². The number of benzene rings is 1. The number of nitrogens with two attached hydrogens (primary N) is 1. The maximum absolute atomic E-state index is 10.6. The summed E-state index contributed by atoms with van der Waals surface area (Å²) in [4.78, 5) is 0. The number of rotatable bonds is 5. The van der Waals surface area contributed by atoms with E-state index in [0.717, 1.165) is 12.8 Å². The van der Waals surface area contributed by atoms with Gasteiger partial charge in [0.1, 0.15) is 0 Å². The average Bonchev–Trinajstić information content (AvgIpc) is 3.11. The van der Waals surface area contributed by atoms with Gasteiger partial charge < -0.3 is 10.8 Å². The molecule has 0 amide bonds. The minimum Gasteiger partial charge on any atom is -0.392 e. The Morgan fingerprint density at radius 2 is 1.82 bits per heavy atom. The molecule has 0 aromatic heterocycles. The Kier molecular flexibility index (Phi) is 3.55. The molecule has 2 atom stereocenters. The third-order valence-corrected chi connectivity index (χ3v) is 4.24. The van der Waals surface area contributed by atoms with Crippen LogP contribution in [0.2, 0.25) is 0 Å². The van der Waals surface area contributed by atoms with Crippen molar-refractivity contribution < 1.29 is 5.11 Å². The van der Waals surface area contributed by atoms with Crippen LogP contribution in [0.3, 0.4) is 0 Å². The van der Waals surface area contributed by atoms with Gasteiger partial charge in [-0.3, -0.25) is 0 Å². The minimum atomic E-state index is -0.310. The summed E-state index contributed by atoms with van der Waals surface area (Å²) in [6.07, 6.45) is 1.86. The SMILES string of the molecule is CC(C)C(CN)C(O)C1(c2ccccc2)CC1. The molecule has 0 bridgehead atoms. The standard InChI is InChI=1S/C15H23NO/c1-11(2)13(10-16)14(17)15(8-9-15)12-6-4-3-5-7-12/h3-7,11,13-14,17H,8-10,16H2,1-2H3. The number of aliphatic hydroxyl groups is 1. The molecule has 3 N–H and O–H groups in total. The van der Waals surface area contributed by atoms with E-state index in [2.05, 4.69) is 38.1 Å². The Balaban J connectivity index is 2.22.